The van der Waals surface area contributed by atoms with Crippen LogP contribution >= 0.6 is 46.4 Å². The Morgan fingerprint density at radius 3 is 1.95 bits per heavy atom. The van der Waals surface area contributed by atoms with E-state index in [0.717, 1.165) is 5.56 Å². The largest absolute Gasteiger partial charge is 0.326 e. The standard InChI is InChI=1S/C30H24Cl4N4O2/c1-18-15-28(38(21-7-3-2-4-8-21)30(40)36-20-12-14-24(32)26(34)17-20)22-9-5-6-10-27(22)37(18)29(39)35-19-11-13-23(31)25(33)16-19/h2-14,16-18,28H,15H2,1H3,(H,35,39)(H,36,40). The summed E-state index contributed by atoms with van der Waals surface area (Å²) >= 11 is 24.5. The Bertz CT molecular complexity index is 1570. The van der Waals surface area contributed by atoms with Gasteiger partial charge in [-0.25, -0.2) is 9.59 Å². The second-order valence-corrected chi connectivity index (χ2v) is 11.0. The van der Waals surface area contributed by atoms with Gasteiger partial charge < -0.3 is 10.6 Å². The average Bonchev–Trinajstić information content (AvgIpc) is 2.93. The van der Waals surface area contributed by atoms with Gasteiger partial charge in [0.15, 0.2) is 0 Å². The lowest BCUT2D eigenvalue weighted by atomic mass is 9.90. The van der Waals surface area contributed by atoms with Crippen LogP contribution in [0.3, 0.4) is 0 Å². The zero-order valence-corrected chi connectivity index (χ0v) is 24.3. The first-order valence-corrected chi connectivity index (χ1v) is 14.0. The van der Waals surface area contributed by atoms with Gasteiger partial charge in [0, 0.05) is 23.1 Å². The van der Waals surface area contributed by atoms with E-state index < -0.39 is 0 Å². The number of fused-ring (bicyclic) bond motifs is 1. The van der Waals surface area contributed by atoms with Crippen molar-refractivity contribution < 1.29 is 9.59 Å². The minimum Gasteiger partial charge on any atom is -0.307 e. The Kier molecular flexibility index (Phi) is 8.43. The number of rotatable bonds is 4. The van der Waals surface area contributed by atoms with Gasteiger partial charge in [-0.2, -0.15) is 0 Å². The molecule has 0 spiro atoms. The molecule has 40 heavy (non-hydrogen) atoms. The number of benzene rings is 4. The van der Waals surface area contributed by atoms with Crippen LogP contribution in [-0.4, -0.2) is 18.1 Å². The lowest BCUT2D eigenvalue weighted by molar-refractivity contribution is 0.251. The van der Waals surface area contributed by atoms with E-state index in [9.17, 15) is 9.59 Å². The molecular formula is C30H24Cl4N4O2. The van der Waals surface area contributed by atoms with Crippen molar-refractivity contribution in [2.45, 2.75) is 25.4 Å². The maximum atomic E-state index is 13.9. The Morgan fingerprint density at radius 2 is 1.32 bits per heavy atom. The number of hydrogen-bond acceptors (Lipinski definition) is 2. The maximum Gasteiger partial charge on any atom is 0.326 e. The van der Waals surface area contributed by atoms with E-state index in [0.29, 0.717) is 49.3 Å². The van der Waals surface area contributed by atoms with E-state index in [4.69, 9.17) is 46.4 Å². The van der Waals surface area contributed by atoms with Gasteiger partial charge in [0.05, 0.1) is 31.8 Å². The molecule has 1 aliphatic rings. The van der Waals surface area contributed by atoms with Crippen LogP contribution in [0.15, 0.2) is 91.0 Å². The molecule has 10 heteroatoms. The number of amides is 4. The Labute approximate surface area is 252 Å². The van der Waals surface area contributed by atoms with Gasteiger partial charge in [0.2, 0.25) is 0 Å². The summed E-state index contributed by atoms with van der Waals surface area (Å²) in [6, 6.07) is 25.6. The van der Waals surface area contributed by atoms with Crippen LogP contribution in [0.25, 0.3) is 0 Å². The van der Waals surface area contributed by atoms with E-state index in [1.54, 1.807) is 46.2 Å². The molecule has 0 saturated heterocycles. The molecule has 1 aliphatic heterocycles. The summed E-state index contributed by atoms with van der Waals surface area (Å²) in [4.78, 5) is 30.8. The normalized spacial score (nSPS) is 16.2. The van der Waals surface area contributed by atoms with Crippen LogP contribution in [0.4, 0.5) is 32.3 Å². The zero-order valence-electron chi connectivity index (χ0n) is 21.2. The molecule has 0 aliphatic carbocycles. The van der Waals surface area contributed by atoms with Crippen molar-refractivity contribution in [2.75, 3.05) is 20.4 Å². The third-order valence-electron chi connectivity index (χ3n) is 6.69. The van der Waals surface area contributed by atoms with E-state index >= 15 is 0 Å². The lowest BCUT2D eigenvalue weighted by Crippen LogP contribution is -2.49. The number of para-hydroxylation sites is 2. The van der Waals surface area contributed by atoms with Crippen molar-refractivity contribution in [2.24, 2.45) is 0 Å². The molecule has 204 valence electrons. The van der Waals surface area contributed by atoms with Gasteiger partial charge in [-0.3, -0.25) is 9.80 Å². The second-order valence-electron chi connectivity index (χ2n) is 9.35. The minimum atomic E-state index is -0.370. The first-order valence-electron chi connectivity index (χ1n) is 12.5. The van der Waals surface area contributed by atoms with Gasteiger partial charge in [-0.15, -0.1) is 0 Å². The fraction of sp³-hybridized carbons (Fsp3) is 0.133. The van der Waals surface area contributed by atoms with Crippen molar-refractivity contribution in [3.05, 3.63) is 117 Å². The molecule has 0 bridgehead atoms. The average molecular weight is 614 g/mol. The molecule has 5 rings (SSSR count). The third-order valence-corrected chi connectivity index (χ3v) is 8.16. The highest BCUT2D eigenvalue weighted by Gasteiger charge is 2.38. The third kappa shape index (κ3) is 5.86. The molecule has 2 atom stereocenters. The molecule has 1 heterocycles. The topological polar surface area (TPSA) is 64.7 Å². The number of halogens is 4. The monoisotopic (exact) mass is 612 g/mol. The van der Waals surface area contributed by atoms with Crippen LogP contribution in [0, 0.1) is 0 Å². The summed E-state index contributed by atoms with van der Waals surface area (Å²) in [5.41, 5.74) is 3.28. The SMILES string of the molecule is CC1CC(N(C(=O)Nc2ccc(Cl)c(Cl)c2)c2ccccc2)c2ccccc2N1C(=O)Nc1ccc(Cl)c(Cl)c1. The highest BCUT2D eigenvalue weighted by Crippen LogP contribution is 2.43. The summed E-state index contributed by atoms with van der Waals surface area (Å²) in [6.45, 7) is 1.96. The lowest BCUT2D eigenvalue weighted by Gasteiger charge is -2.43. The Hall–Kier alpha value is -3.42. The van der Waals surface area contributed by atoms with Crippen LogP contribution < -0.4 is 20.4 Å². The van der Waals surface area contributed by atoms with Gasteiger partial charge in [0.1, 0.15) is 0 Å². The molecule has 2 unspecified atom stereocenters. The second kappa shape index (κ2) is 12.0. The van der Waals surface area contributed by atoms with Crippen molar-refractivity contribution in [3.8, 4) is 0 Å². The molecular weight excluding hydrogens is 590 g/mol. The Morgan fingerprint density at radius 1 is 0.750 bits per heavy atom. The molecule has 0 fully saturated rings. The predicted octanol–water partition coefficient (Wildman–Crippen LogP) is 9.91. The number of carbonyl (C=O) groups is 2. The van der Waals surface area contributed by atoms with Gasteiger partial charge >= 0.3 is 12.1 Å². The van der Waals surface area contributed by atoms with Crippen LogP contribution in [0.2, 0.25) is 20.1 Å². The summed E-state index contributed by atoms with van der Waals surface area (Å²) in [5, 5.41) is 7.36. The van der Waals surface area contributed by atoms with Crippen LogP contribution in [-0.2, 0) is 0 Å². The quantitative estimate of drug-likeness (QED) is 0.240. The maximum absolute atomic E-state index is 13.9. The highest BCUT2D eigenvalue weighted by atomic mass is 35.5. The van der Waals surface area contributed by atoms with E-state index in [2.05, 4.69) is 10.6 Å². The van der Waals surface area contributed by atoms with Crippen molar-refractivity contribution in [3.63, 3.8) is 0 Å². The van der Waals surface area contributed by atoms with E-state index in [1.165, 1.54) is 0 Å². The van der Waals surface area contributed by atoms with E-state index in [1.807, 2.05) is 61.5 Å². The minimum absolute atomic E-state index is 0.258. The molecule has 0 saturated carbocycles. The smallest absolute Gasteiger partial charge is 0.307 e. The summed E-state index contributed by atoms with van der Waals surface area (Å²) in [5.74, 6) is 0. The van der Waals surface area contributed by atoms with Gasteiger partial charge in [-0.1, -0.05) is 82.8 Å². The molecule has 0 aromatic heterocycles. The first kappa shape index (κ1) is 28.1. The first-order chi connectivity index (χ1) is 19.2. The van der Waals surface area contributed by atoms with Crippen molar-refractivity contribution in [1.29, 1.82) is 0 Å². The fourth-order valence-corrected chi connectivity index (χ4v) is 5.47. The molecule has 0 radical (unpaired) electrons. The number of carbonyl (C=O) groups excluding carboxylic acids is 2. The fourth-order valence-electron chi connectivity index (χ4n) is 4.88. The summed E-state index contributed by atoms with van der Waals surface area (Å²) in [6.07, 6.45) is 0.482. The number of urea groups is 2. The van der Waals surface area contributed by atoms with Crippen molar-refractivity contribution >= 4 is 81.2 Å². The number of nitrogens with one attached hydrogen (secondary N) is 2. The molecule has 4 amide bonds. The van der Waals surface area contributed by atoms with E-state index in [-0.39, 0.29) is 24.1 Å². The number of anilines is 4. The zero-order chi connectivity index (χ0) is 28.4. The molecule has 6 nitrogen and oxygen atoms in total. The van der Waals surface area contributed by atoms with Crippen molar-refractivity contribution in [1.82, 2.24) is 0 Å². The summed E-state index contributed by atoms with van der Waals surface area (Å²) in [7, 11) is 0. The molecule has 4 aromatic carbocycles. The summed E-state index contributed by atoms with van der Waals surface area (Å²) < 4.78 is 0. The van der Waals surface area contributed by atoms with Gasteiger partial charge in [0.25, 0.3) is 0 Å². The van der Waals surface area contributed by atoms with Crippen LogP contribution in [0.5, 0.6) is 0 Å². The Balaban J connectivity index is 1.50. The highest BCUT2D eigenvalue weighted by molar-refractivity contribution is 6.42. The predicted molar refractivity (Wildman–Crippen MR) is 166 cm³/mol. The van der Waals surface area contributed by atoms with Crippen LogP contribution in [0.1, 0.15) is 24.9 Å². The number of nitrogens with zero attached hydrogens (tertiary/aromatic N) is 2. The van der Waals surface area contributed by atoms with Gasteiger partial charge in [-0.05, 0) is 73.5 Å². The number of hydrogen-bond donors (Lipinski definition) is 2. The molecule has 2 N–H and O–H groups in total. The molecule has 4 aromatic rings.